The minimum Gasteiger partial charge on any atom is -0.354 e. The second-order valence-electron chi connectivity index (χ2n) is 4.79. The standard InChI is InChI=1S/C13H19N3O/c1-9-2-3-10(7-15-9)6-13(17)16-8-12(14)11-4-5-11/h2-3,7,11-12H,4-6,8,14H2,1H3,(H,16,17). The number of hydrogen-bond acceptors (Lipinski definition) is 3. The largest absolute Gasteiger partial charge is 0.354 e. The summed E-state index contributed by atoms with van der Waals surface area (Å²) >= 11 is 0. The van der Waals surface area contributed by atoms with Crippen LogP contribution in [0.25, 0.3) is 0 Å². The quantitative estimate of drug-likeness (QED) is 0.790. The van der Waals surface area contributed by atoms with E-state index in [-0.39, 0.29) is 11.9 Å². The fraction of sp³-hybridized carbons (Fsp3) is 0.538. The number of hydrogen-bond donors (Lipinski definition) is 2. The molecule has 1 saturated carbocycles. The minimum absolute atomic E-state index is 0.0201. The van der Waals surface area contributed by atoms with Gasteiger partial charge >= 0.3 is 0 Å². The van der Waals surface area contributed by atoms with Crippen LogP contribution in [0.3, 0.4) is 0 Å². The molecule has 2 rings (SSSR count). The first-order valence-electron chi connectivity index (χ1n) is 6.09. The SMILES string of the molecule is Cc1ccc(CC(=O)NCC(N)C2CC2)cn1. The molecule has 1 fully saturated rings. The van der Waals surface area contributed by atoms with Gasteiger partial charge in [0.1, 0.15) is 0 Å². The molecule has 3 N–H and O–H groups in total. The second kappa shape index (κ2) is 5.27. The van der Waals surface area contributed by atoms with Crippen molar-refractivity contribution in [2.75, 3.05) is 6.54 Å². The van der Waals surface area contributed by atoms with Crippen LogP contribution in [0, 0.1) is 12.8 Å². The van der Waals surface area contributed by atoms with Gasteiger partial charge in [0.05, 0.1) is 6.42 Å². The Morgan fingerprint density at radius 2 is 2.35 bits per heavy atom. The predicted octanol–water partition coefficient (Wildman–Crippen LogP) is 0.786. The Hall–Kier alpha value is -1.42. The van der Waals surface area contributed by atoms with Gasteiger partial charge in [0.25, 0.3) is 0 Å². The van der Waals surface area contributed by atoms with Gasteiger partial charge in [-0.15, -0.1) is 0 Å². The zero-order valence-electron chi connectivity index (χ0n) is 10.1. The van der Waals surface area contributed by atoms with Crippen molar-refractivity contribution in [1.82, 2.24) is 10.3 Å². The van der Waals surface area contributed by atoms with E-state index in [1.54, 1.807) is 6.20 Å². The van der Waals surface area contributed by atoms with Gasteiger partial charge in [0.2, 0.25) is 5.91 Å². The van der Waals surface area contributed by atoms with Crippen molar-refractivity contribution < 1.29 is 4.79 Å². The Morgan fingerprint density at radius 3 is 2.94 bits per heavy atom. The number of aromatic nitrogens is 1. The highest BCUT2D eigenvalue weighted by Gasteiger charge is 2.28. The van der Waals surface area contributed by atoms with Gasteiger partial charge in [-0.25, -0.2) is 0 Å². The Balaban J connectivity index is 1.74. The Bertz CT molecular complexity index is 384. The maximum absolute atomic E-state index is 11.7. The van der Waals surface area contributed by atoms with Crippen molar-refractivity contribution in [2.24, 2.45) is 11.7 Å². The summed E-state index contributed by atoms with van der Waals surface area (Å²) < 4.78 is 0. The fourth-order valence-corrected chi connectivity index (χ4v) is 1.77. The number of rotatable bonds is 5. The van der Waals surface area contributed by atoms with E-state index in [0.29, 0.717) is 18.9 Å². The molecule has 1 aliphatic rings. The van der Waals surface area contributed by atoms with E-state index in [9.17, 15) is 4.79 Å². The van der Waals surface area contributed by atoms with Crippen LogP contribution in [-0.2, 0) is 11.2 Å². The Kier molecular flexibility index (Phi) is 3.74. The highest BCUT2D eigenvalue weighted by Crippen LogP contribution is 2.31. The van der Waals surface area contributed by atoms with Crippen LogP contribution < -0.4 is 11.1 Å². The number of nitrogens with zero attached hydrogens (tertiary/aromatic N) is 1. The first-order chi connectivity index (χ1) is 8.15. The molecule has 1 amide bonds. The fourth-order valence-electron chi connectivity index (χ4n) is 1.77. The maximum atomic E-state index is 11.7. The summed E-state index contributed by atoms with van der Waals surface area (Å²) in [5.74, 6) is 0.642. The smallest absolute Gasteiger partial charge is 0.224 e. The molecule has 4 heteroatoms. The molecule has 92 valence electrons. The molecule has 1 atom stereocenters. The van der Waals surface area contributed by atoms with Crippen molar-refractivity contribution in [2.45, 2.75) is 32.2 Å². The third-order valence-electron chi connectivity index (χ3n) is 3.10. The number of nitrogens with one attached hydrogen (secondary N) is 1. The average Bonchev–Trinajstić information content (AvgIpc) is 3.13. The van der Waals surface area contributed by atoms with E-state index in [1.165, 1.54) is 12.8 Å². The van der Waals surface area contributed by atoms with Crippen LogP contribution in [0.1, 0.15) is 24.1 Å². The summed E-state index contributed by atoms with van der Waals surface area (Å²) in [5.41, 5.74) is 7.81. The molecule has 17 heavy (non-hydrogen) atoms. The highest BCUT2D eigenvalue weighted by atomic mass is 16.1. The van der Waals surface area contributed by atoms with Crippen LogP contribution in [0.4, 0.5) is 0 Å². The lowest BCUT2D eigenvalue weighted by molar-refractivity contribution is -0.120. The molecular weight excluding hydrogens is 214 g/mol. The summed E-state index contributed by atoms with van der Waals surface area (Å²) in [7, 11) is 0. The summed E-state index contributed by atoms with van der Waals surface area (Å²) in [6, 6.07) is 3.97. The van der Waals surface area contributed by atoms with Crippen LogP contribution in [0.15, 0.2) is 18.3 Å². The zero-order valence-corrected chi connectivity index (χ0v) is 10.1. The van der Waals surface area contributed by atoms with Crippen molar-refractivity contribution in [3.05, 3.63) is 29.6 Å². The molecule has 1 heterocycles. The molecule has 0 radical (unpaired) electrons. The molecule has 0 saturated heterocycles. The second-order valence-corrected chi connectivity index (χ2v) is 4.79. The van der Waals surface area contributed by atoms with Gasteiger partial charge in [-0.1, -0.05) is 6.07 Å². The summed E-state index contributed by atoms with van der Waals surface area (Å²) in [6.45, 7) is 2.52. The summed E-state index contributed by atoms with van der Waals surface area (Å²) in [5, 5.41) is 2.88. The van der Waals surface area contributed by atoms with Gasteiger partial charge in [0.15, 0.2) is 0 Å². The van der Waals surface area contributed by atoms with Crippen LogP contribution >= 0.6 is 0 Å². The first-order valence-corrected chi connectivity index (χ1v) is 6.09. The number of nitrogens with two attached hydrogens (primary N) is 1. The van der Waals surface area contributed by atoms with E-state index in [2.05, 4.69) is 10.3 Å². The summed E-state index contributed by atoms with van der Waals surface area (Å²) in [4.78, 5) is 15.8. The number of pyridine rings is 1. The lowest BCUT2D eigenvalue weighted by Gasteiger charge is -2.11. The Labute approximate surface area is 102 Å². The van der Waals surface area contributed by atoms with Gasteiger partial charge in [-0.3, -0.25) is 9.78 Å². The molecule has 0 bridgehead atoms. The van der Waals surface area contributed by atoms with Crippen LogP contribution in [0.2, 0.25) is 0 Å². The van der Waals surface area contributed by atoms with Gasteiger partial charge in [0, 0.05) is 24.5 Å². The maximum Gasteiger partial charge on any atom is 0.224 e. The van der Waals surface area contributed by atoms with Crippen LogP contribution in [0.5, 0.6) is 0 Å². The summed E-state index contributed by atoms with van der Waals surface area (Å²) in [6.07, 6.45) is 4.54. The first kappa shape index (κ1) is 12.0. The van der Waals surface area contributed by atoms with E-state index >= 15 is 0 Å². The molecule has 1 aliphatic carbocycles. The molecule has 0 spiro atoms. The third kappa shape index (κ3) is 3.82. The third-order valence-corrected chi connectivity index (χ3v) is 3.10. The minimum atomic E-state index is 0.0201. The lowest BCUT2D eigenvalue weighted by atomic mass is 10.1. The van der Waals surface area contributed by atoms with E-state index < -0.39 is 0 Å². The number of amides is 1. The van der Waals surface area contributed by atoms with Crippen molar-refractivity contribution in [1.29, 1.82) is 0 Å². The van der Waals surface area contributed by atoms with E-state index in [1.807, 2.05) is 19.1 Å². The molecule has 0 aromatic carbocycles. The topological polar surface area (TPSA) is 68.0 Å². The molecule has 1 unspecified atom stereocenters. The van der Waals surface area contributed by atoms with Crippen LogP contribution in [-0.4, -0.2) is 23.5 Å². The Morgan fingerprint density at radius 1 is 1.59 bits per heavy atom. The van der Waals surface area contributed by atoms with E-state index in [0.717, 1.165) is 11.3 Å². The van der Waals surface area contributed by atoms with Crippen molar-refractivity contribution >= 4 is 5.91 Å². The molecule has 1 aromatic heterocycles. The molecular formula is C13H19N3O. The average molecular weight is 233 g/mol. The monoisotopic (exact) mass is 233 g/mol. The molecule has 4 nitrogen and oxygen atoms in total. The lowest BCUT2D eigenvalue weighted by Crippen LogP contribution is -2.39. The molecule has 1 aromatic rings. The van der Waals surface area contributed by atoms with E-state index in [4.69, 9.17) is 5.73 Å². The highest BCUT2D eigenvalue weighted by molar-refractivity contribution is 5.78. The normalized spacial score (nSPS) is 16.6. The number of aryl methyl sites for hydroxylation is 1. The zero-order chi connectivity index (χ0) is 12.3. The van der Waals surface area contributed by atoms with Crippen molar-refractivity contribution in [3.63, 3.8) is 0 Å². The van der Waals surface area contributed by atoms with Crippen molar-refractivity contribution in [3.8, 4) is 0 Å². The number of carbonyl (C=O) groups is 1. The van der Waals surface area contributed by atoms with Gasteiger partial charge in [-0.2, -0.15) is 0 Å². The van der Waals surface area contributed by atoms with Gasteiger partial charge < -0.3 is 11.1 Å². The van der Waals surface area contributed by atoms with Gasteiger partial charge in [-0.05, 0) is 37.3 Å². The number of carbonyl (C=O) groups excluding carboxylic acids is 1. The predicted molar refractivity (Wildman–Crippen MR) is 66.4 cm³/mol. The molecule has 0 aliphatic heterocycles.